The molecule has 2 heterocycles. The molecule has 4 aromatic rings. The SMILES string of the molecule is Cc1ccc(OCCCn2c(CNC(=O)c3ccccn3)nc3ccccc32)cc1C. The molecule has 0 saturated heterocycles. The molecule has 4 rings (SSSR count). The molecule has 6 heteroatoms. The Balaban J connectivity index is 1.42. The average Bonchev–Trinajstić information content (AvgIpc) is 3.15. The highest BCUT2D eigenvalue weighted by Crippen LogP contribution is 2.19. The minimum Gasteiger partial charge on any atom is -0.494 e. The van der Waals surface area contributed by atoms with Crippen molar-refractivity contribution in [2.75, 3.05) is 6.61 Å². The largest absolute Gasteiger partial charge is 0.494 e. The van der Waals surface area contributed by atoms with Gasteiger partial charge < -0.3 is 14.6 Å². The third kappa shape index (κ3) is 4.91. The Hall–Kier alpha value is -3.67. The number of benzene rings is 2. The summed E-state index contributed by atoms with van der Waals surface area (Å²) in [5.41, 5.74) is 4.85. The summed E-state index contributed by atoms with van der Waals surface area (Å²) in [6, 6.07) is 19.5. The topological polar surface area (TPSA) is 69.0 Å². The van der Waals surface area contributed by atoms with Crippen molar-refractivity contribution in [1.82, 2.24) is 19.9 Å². The zero-order valence-electron chi connectivity index (χ0n) is 17.8. The van der Waals surface area contributed by atoms with E-state index in [0.29, 0.717) is 18.8 Å². The molecule has 0 aliphatic rings. The van der Waals surface area contributed by atoms with E-state index in [1.54, 1.807) is 24.4 Å². The first-order chi connectivity index (χ1) is 15.1. The van der Waals surface area contributed by atoms with Gasteiger partial charge in [-0.15, -0.1) is 0 Å². The van der Waals surface area contributed by atoms with Crippen LogP contribution in [0.4, 0.5) is 0 Å². The van der Waals surface area contributed by atoms with E-state index in [4.69, 9.17) is 9.72 Å². The Morgan fingerprint density at radius 2 is 1.87 bits per heavy atom. The summed E-state index contributed by atoms with van der Waals surface area (Å²) in [4.78, 5) is 21.2. The van der Waals surface area contributed by atoms with Crippen molar-refractivity contribution in [2.24, 2.45) is 0 Å². The summed E-state index contributed by atoms with van der Waals surface area (Å²) < 4.78 is 8.09. The lowest BCUT2D eigenvalue weighted by atomic mass is 10.1. The molecule has 0 saturated carbocycles. The molecule has 158 valence electrons. The maximum absolute atomic E-state index is 12.4. The van der Waals surface area contributed by atoms with Crippen molar-refractivity contribution in [3.8, 4) is 5.75 Å². The minimum atomic E-state index is -0.211. The van der Waals surface area contributed by atoms with E-state index in [9.17, 15) is 4.79 Å². The standard InChI is InChI=1S/C25H26N4O2/c1-18-11-12-20(16-19(18)2)31-15-7-14-29-23-10-4-3-8-21(23)28-24(29)17-27-25(30)22-9-5-6-13-26-22/h3-6,8-13,16H,7,14-15,17H2,1-2H3,(H,27,30). The predicted octanol–water partition coefficient (Wildman–Crippen LogP) is 4.45. The van der Waals surface area contributed by atoms with Crippen LogP contribution in [-0.2, 0) is 13.1 Å². The second kappa shape index (κ2) is 9.43. The molecule has 2 aromatic carbocycles. The number of ether oxygens (including phenoxy) is 1. The van der Waals surface area contributed by atoms with Crippen LogP contribution in [0.5, 0.6) is 5.75 Å². The molecule has 0 atom stereocenters. The summed E-state index contributed by atoms with van der Waals surface area (Å²) in [5.74, 6) is 1.50. The van der Waals surface area contributed by atoms with Gasteiger partial charge in [-0.2, -0.15) is 0 Å². The van der Waals surface area contributed by atoms with Crippen LogP contribution in [0.1, 0.15) is 33.9 Å². The number of aryl methyl sites for hydroxylation is 3. The van der Waals surface area contributed by atoms with Crippen LogP contribution in [0.3, 0.4) is 0 Å². The summed E-state index contributed by atoms with van der Waals surface area (Å²) in [6.07, 6.45) is 2.44. The minimum absolute atomic E-state index is 0.211. The number of pyridine rings is 1. The fourth-order valence-corrected chi connectivity index (χ4v) is 3.47. The molecule has 0 radical (unpaired) electrons. The number of fused-ring (bicyclic) bond motifs is 1. The third-order valence-corrected chi connectivity index (χ3v) is 5.31. The van der Waals surface area contributed by atoms with Gasteiger partial charge in [0, 0.05) is 12.7 Å². The van der Waals surface area contributed by atoms with Crippen LogP contribution in [0, 0.1) is 13.8 Å². The first kappa shape index (κ1) is 20.6. The summed E-state index contributed by atoms with van der Waals surface area (Å²) in [6.45, 7) is 5.87. The van der Waals surface area contributed by atoms with Gasteiger partial charge in [0.15, 0.2) is 0 Å². The van der Waals surface area contributed by atoms with Crippen LogP contribution in [-0.4, -0.2) is 27.0 Å². The molecular formula is C25H26N4O2. The van der Waals surface area contributed by atoms with Crippen LogP contribution in [0.2, 0.25) is 0 Å². The van der Waals surface area contributed by atoms with E-state index in [-0.39, 0.29) is 5.91 Å². The smallest absolute Gasteiger partial charge is 0.270 e. The van der Waals surface area contributed by atoms with Gasteiger partial charge in [0.05, 0.1) is 24.2 Å². The number of carbonyl (C=O) groups excluding carboxylic acids is 1. The second-order valence-corrected chi connectivity index (χ2v) is 7.51. The van der Waals surface area contributed by atoms with Crippen LogP contribution < -0.4 is 10.1 Å². The zero-order chi connectivity index (χ0) is 21.6. The number of para-hydroxylation sites is 2. The Morgan fingerprint density at radius 1 is 1.03 bits per heavy atom. The highest BCUT2D eigenvalue weighted by Gasteiger charge is 2.13. The number of hydrogen-bond donors (Lipinski definition) is 1. The van der Waals surface area contributed by atoms with Gasteiger partial charge in [-0.05, 0) is 67.8 Å². The number of rotatable bonds is 8. The van der Waals surface area contributed by atoms with Gasteiger partial charge in [0.25, 0.3) is 5.91 Å². The van der Waals surface area contributed by atoms with Gasteiger partial charge in [0.1, 0.15) is 17.3 Å². The molecule has 1 N–H and O–H groups in total. The summed E-state index contributed by atoms with van der Waals surface area (Å²) in [5, 5.41) is 2.93. The fraction of sp³-hybridized carbons (Fsp3) is 0.240. The Labute approximate surface area is 181 Å². The van der Waals surface area contributed by atoms with Gasteiger partial charge in [-0.25, -0.2) is 4.98 Å². The lowest BCUT2D eigenvalue weighted by molar-refractivity contribution is 0.0944. The van der Waals surface area contributed by atoms with Crippen molar-refractivity contribution in [1.29, 1.82) is 0 Å². The lowest BCUT2D eigenvalue weighted by Gasteiger charge is -2.12. The molecule has 6 nitrogen and oxygen atoms in total. The molecule has 0 unspecified atom stereocenters. The highest BCUT2D eigenvalue weighted by molar-refractivity contribution is 5.92. The molecule has 2 aromatic heterocycles. The monoisotopic (exact) mass is 414 g/mol. The molecule has 0 aliphatic heterocycles. The molecule has 0 spiro atoms. The van der Waals surface area contributed by atoms with Gasteiger partial charge >= 0.3 is 0 Å². The van der Waals surface area contributed by atoms with Crippen LogP contribution in [0.15, 0.2) is 66.9 Å². The number of nitrogens with zero attached hydrogens (tertiary/aromatic N) is 3. The fourth-order valence-electron chi connectivity index (χ4n) is 3.47. The maximum Gasteiger partial charge on any atom is 0.270 e. The van der Waals surface area contributed by atoms with Crippen LogP contribution >= 0.6 is 0 Å². The Bertz CT molecular complexity index is 1180. The third-order valence-electron chi connectivity index (χ3n) is 5.31. The molecule has 0 bridgehead atoms. The normalized spacial score (nSPS) is 10.9. The van der Waals surface area contributed by atoms with E-state index >= 15 is 0 Å². The number of aromatic nitrogens is 3. The Kier molecular flexibility index (Phi) is 6.26. The number of carbonyl (C=O) groups is 1. The molecule has 31 heavy (non-hydrogen) atoms. The van der Waals surface area contributed by atoms with E-state index in [0.717, 1.165) is 35.6 Å². The van der Waals surface area contributed by atoms with Crippen molar-refractivity contribution >= 4 is 16.9 Å². The van der Waals surface area contributed by atoms with E-state index in [1.807, 2.05) is 24.3 Å². The van der Waals surface area contributed by atoms with Gasteiger partial charge in [-0.3, -0.25) is 9.78 Å². The molecule has 0 aliphatic carbocycles. The molecule has 1 amide bonds. The quantitative estimate of drug-likeness (QED) is 0.433. The van der Waals surface area contributed by atoms with E-state index in [2.05, 4.69) is 46.9 Å². The number of amides is 1. The number of imidazole rings is 1. The van der Waals surface area contributed by atoms with E-state index in [1.165, 1.54) is 11.1 Å². The van der Waals surface area contributed by atoms with E-state index < -0.39 is 0 Å². The molecular weight excluding hydrogens is 388 g/mol. The second-order valence-electron chi connectivity index (χ2n) is 7.51. The van der Waals surface area contributed by atoms with Crippen molar-refractivity contribution < 1.29 is 9.53 Å². The lowest BCUT2D eigenvalue weighted by Crippen LogP contribution is -2.25. The predicted molar refractivity (Wildman–Crippen MR) is 121 cm³/mol. The van der Waals surface area contributed by atoms with Gasteiger partial charge in [-0.1, -0.05) is 24.3 Å². The first-order valence-electron chi connectivity index (χ1n) is 10.5. The Morgan fingerprint density at radius 3 is 2.68 bits per heavy atom. The van der Waals surface area contributed by atoms with Crippen molar-refractivity contribution in [3.63, 3.8) is 0 Å². The summed E-state index contributed by atoms with van der Waals surface area (Å²) >= 11 is 0. The maximum atomic E-state index is 12.4. The number of hydrogen-bond acceptors (Lipinski definition) is 4. The highest BCUT2D eigenvalue weighted by atomic mass is 16.5. The van der Waals surface area contributed by atoms with Crippen molar-refractivity contribution in [2.45, 2.75) is 33.4 Å². The summed E-state index contributed by atoms with van der Waals surface area (Å²) in [7, 11) is 0. The van der Waals surface area contributed by atoms with Crippen LogP contribution in [0.25, 0.3) is 11.0 Å². The van der Waals surface area contributed by atoms with Crippen molar-refractivity contribution in [3.05, 3.63) is 89.5 Å². The number of nitrogens with one attached hydrogen (secondary N) is 1. The molecule has 0 fully saturated rings. The first-order valence-corrected chi connectivity index (χ1v) is 10.5. The van der Waals surface area contributed by atoms with Gasteiger partial charge in [0.2, 0.25) is 0 Å². The zero-order valence-corrected chi connectivity index (χ0v) is 17.8. The average molecular weight is 415 g/mol.